The Morgan fingerprint density at radius 3 is 2.29 bits per heavy atom. The normalized spacial score (nSPS) is 12.8. The number of hydrogen-bond donors (Lipinski definition) is 0. The lowest BCUT2D eigenvalue weighted by Gasteiger charge is -2.29. The second kappa shape index (κ2) is 3.52. The summed E-state index contributed by atoms with van der Waals surface area (Å²) in [6.45, 7) is 4.17. The molecule has 0 aromatic heterocycles. The summed E-state index contributed by atoms with van der Waals surface area (Å²) >= 11 is 0. The standard InChI is InChI=1S/C15H15NO/c1-10-4-6-12-13-7-5-11(2)9-15(13)17-16(3)14(12)8-10/h4-9H,1-3H3. The van der Waals surface area contributed by atoms with Crippen LogP contribution in [0.3, 0.4) is 0 Å². The van der Waals surface area contributed by atoms with Crippen LogP contribution in [-0.4, -0.2) is 7.05 Å². The van der Waals surface area contributed by atoms with Gasteiger partial charge in [-0.05, 0) is 37.1 Å². The van der Waals surface area contributed by atoms with Gasteiger partial charge in [-0.1, -0.05) is 24.3 Å². The average Bonchev–Trinajstić information content (AvgIpc) is 2.29. The van der Waals surface area contributed by atoms with Crippen LogP contribution >= 0.6 is 0 Å². The van der Waals surface area contributed by atoms with Gasteiger partial charge in [-0.2, -0.15) is 0 Å². The van der Waals surface area contributed by atoms with Crippen LogP contribution in [0.25, 0.3) is 11.1 Å². The van der Waals surface area contributed by atoms with Crippen LogP contribution in [0, 0.1) is 13.8 Å². The number of aryl methyl sites for hydroxylation is 2. The van der Waals surface area contributed by atoms with Gasteiger partial charge in [0.05, 0.1) is 5.69 Å². The van der Waals surface area contributed by atoms with Gasteiger partial charge in [-0.15, -0.1) is 0 Å². The third-order valence-corrected chi connectivity index (χ3v) is 3.16. The molecule has 0 spiro atoms. The van der Waals surface area contributed by atoms with Crippen LogP contribution in [0.1, 0.15) is 11.1 Å². The average molecular weight is 225 g/mol. The zero-order chi connectivity index (χ0) is 12.0. The summed E-state index contributed by atoms with van der Waals surface area (Å²) < 4.78 is 0. The first-order valence-electron chi connectivity index (χ1n) is 5.78. The molecule has 0 aliphatic carbocycles. The van der Waals surface area contributed by atoms with E-state index in [1.165, 1.54) is 22.3 Å². The molecule has 0 saturated heterocycles. The van der Waals surface area contributed by atoms with Crippen molar-refractivity contribution in [1.29, 1.82) is 0 Å². The van der Waals surface area contributed by atoms with E-state index in [4.69, 9.17) is 4.84 Å². The Morgan fingerprint density at radius 1 is 0.882 bits per heavy atom. The molecule has 0 amide bonds. The Balaban J connectivity index is 2.26. The van der Waals surface area contributed by atoms with Gasteiger partial charge in [0.25, 0.3) is 0 Å². The fourth-order valence-electron chi connectivity index (χ4n) is 2.25. The SMILES string of the molecule is Cc1ccc2c(c1)ON(C)c1cc(C)ccc1-2. The van der Waals surface area contributed by atoms with Gasteiger partial charge in [0.1, 0.15) is 0 Å². The summed E-state index contributed by atoms with van der Waals surface area (Å²) in [7, 11) is 1.95. The van der Waals surface area contributed by atoms with E-state index in [2.05, 4.69) is 50.2 Å². The molecule has 17 heavy (non-hydrogen) atoms. The molecule has 2 heteroatoms. The lowest BCUT2D eigenvalue weighted by molar-refractivity contribution is 0.300. The van der Waals surface area contributed by atoms with Crippen LogP contribution < -0.4 is 9.90 Å². The second-order valence-corrected chi connectivity index (χ2v) is 4.61. The number of anilines is 1. The monoisotopic (exact) mass is 225 g/mol. The Kier molecular flexibility index (Phi) is 2.11. The maximum absolute atomic E-state index is 5.83. The first-order valence-corrected chi connectivity index (χ1v) is 5.78. The minimum absolute atomic E-state index is 0.934. The third-order valence-electron chi connectivity index (χ3n) is 3.16. The molecule has 1 heterocycles. The molecule has 0 bridgehead atoms. The number of benzene rings is 2. The number of hydroxylamine groups is 1. The Hall–Kier alpha value is -1.96. The van der Waals surface area contributed by atoms with Crippen LogP contribution in [0.15, 0.2) is 36.4 Å². The van der Waals surface area contributed by atoms with Crippen LogP contribution in [0.4, 0.5) is 5.69 Å². The Bertz CT molecular complexity index is 589. The van der Waals surface area contributed by atoms with Gasteiger partial charge in [0.2, 0.25) is 0 Å². The van der Waals surface area contributed by atoms with Gasteiger partial charge in [0.15, 0.2) is 5.75 Å². The molecule has 86 valence electrons. The van der Waals surface area contributed by atoms with E-state index < -0.39 is 0 Å². The highest BCUT2D eigenvalue weighted by molar-refractivity contribution is 5.84. The molecule has 0 radical (unpaired) electrons. The molecule has 0 atom stereocenters. The minimum Gasteiger partial charge on any atom is -0.379 e. The smallest absolute Gasteiger partial charge is 0.163 e. The van der Waals surface area contributed by atoms with Crippen LogP contribution in [-0.2, 0) is 0 Å². The van der Waals surface area contributed by atoms with E-state index >= 15 is 0 Å². The van der Waals surface area contributed by atoms with Crippen LogP contribution in [0.5, 0.6) is 5.75 Å². The molecule has 2 nitrogen and oxygen atoms in total. The molecule has 0 fully saturated rings. The van der Waals surface area contributed by atoms with Crippen molar-refractivity contribution < 1.29 is 4.84 Å². The van der Waals surface area contributed by atoms with Crippen molar-refractivity contribution in [2.24, 2.45) is 0 Å². The summed E-state index contributed by atoms with van der Waals surface area (Å²) in [6.07, 6.45) is 0. The van der Waals surface area contributed by atoms with Gasteiger partial charge >= 0.3 is 0 Å². The van der Waals surface area contributed by atoms with Crippen molar-refractivity contribution in [3.8, 4) is 16.9 Å². The van der Waals surface area contributed by atoms with E-state index in [0.717, 1.165) is 11.4 Å². The molecule has 0 unspecified atom stereocenters. The molecule has 0 saturated carbocycles. The largest absolute Gasteiger partial charge is 0.379 e. The summed E-state index contributed by atoms with van der Waals surface area (Å²) in [5, 5.41) is 1.84. The minimum atomic E-state index is 0.934. The number of hydrogen-bond acceptors (Lipinski definition) is 2. The molecule has 0 N–H and O–H groups in total. The number of nitrogens with zero attached hydrogens (tertiary/aromatic N) is 1. The predicted octanol–water partition coefficient (Wildman–Crippen LogP) is 3.71. The zero-order valence-corrected chi connectivity index (χ0v) is 10.3. The maximum atomic E-state index is 5.83. The van der Waals surface area contributed by atoms with Gasteiger partial charge in [-0.25, -0.2) is 5.06 Å². The van der Waals surface area contributed by atoms with Crippen molar-refractivity contribution in [3.05, 3.63) is 47.5 Å². The molecule has 2 aromatic rings. The molecule has 1 aliphatic heterocycles. The lowest BCUT2D eigenvalue weighted by Crippen LogP contribution is -2.25. The molecular weight excluding hydrogens is 210 g/mol. The summed E-state index contributed by atoms with van der Waals surface area (Å²) in [6, 6.07) is 12.8. The van der Waals surface area contributed by atoms with Crippen molar-refractivity contribution >= 4 is 5.69 Å². The zero-order valence-electron chi connectivity index (χ0n) is 10.3. The summed E-state index contributed by atoms with van der Waals surface area (Å²) in [5.41, 5.74) is 5.99. The van der Waals surface area contributed by atoms with E-state index in [-0.39, 0.29) is 0 Å². The lowest BCUT2D eigenvalue weighted by atomic mass is 9.98. The van der Waals surface area contributed by atoms with Crippen molar-refractivity contribution in [1.82, 2.24) is 0 Å². The topological polar surface area (TPSA) is 12.5 Å². The molecular formula is C15H15NO. The molecule has 2 aromatic carbocycles. The van der Waals surface area contributed by atoms with E-state index in [1.54, 1.807) is 0 Å². The second-order valence-electron chi connectivity index (χ2n) is 4.61. The van der Waals surface area contributed by atoms with E-state index in [1.807, 2.05) is 12.1 Å². The summed E-state index contributed by atoms with van der Waals surface area (Å²) in [5.74, 6) is 0.934. The fourth-order valence-corrected chi connectivity index (χ4v) is 2.25. The maximum Gasteiger partial charge on any atom is 0.163 e. The Morgan fingerprint density at radius 2 is 1.53 bits per heavy atom. The van der Waals surface area contributed by atoms with Gasteiger partial charge < -0.3 is 4.84 Å². The first-order chi connectivity index (χ1) is 8.15. The molecule has 3 rings (SSSR count). The van der Waals surface area contributed by atoms with E-state index in [9.17, 15) is 0 Å². The highest BCUT2D eigenvalue weighted by Crippen LogP contribution is 2.41. The third kappa shape index (κ3) is 1.57. The van der Waals surface area contributed by atoms with Gasteiger partial charge in [0, 0.05) is 18.2 Å². The number of rotatable bonds is 0. The molecule has 1 aliphatic rings. The predicted molar refractivity (Wildman–Crippen MR) is 70.4 cm³/mol. The number of fused-ring (bicyclic) bond motifs is 3. The van der Waals surface area contributed by atoms with Crippen molar-refractivity contribution in [3.63, 3.8) is 0 Å². The Labute approximate surface area is 101 Å². The quantitative estimate of drug-likeness (QED) is 0.677. The fraction of sp³-hybridized carbons (Fsp3) is 0.200. The first kappa shape index (κ1) is 10.2. The highest BCUT2D eigenvalue weighted by atomic mass is 16.7. The van der Waals surface area contributed by atoms with Crippen LogP contribution in [0.2, 0.25) is 0 Å². The van der Waals surface area contributed by atoms with Crippen molar-refractivity contribution in [2.75, 3.05) is 12.1 Å². The summed E-state index contributed by atoms with van der Waals surface area (Å²) in [4.78, 5) is 5.83. The highest BCUT2D eigenvalue weighted by Gasteiger charge is 2.21. The van der Waals surface area contributed by atoms with Gasteiger partial charge in [-0.3, -0.25) is 0 Å². The van der Waals surface area contributed by atoms with E-state index in [0.29, 0.717) is 0 Å². The van der Waals surface area contributed by atoms with Crippen molar-refractivity contribution in [2.45, 2.75) is 13.8 Å².